The van der Waals surface area contributed by atoms with E-state index in [1.54, 1.807) is 35.2 Å². The molecule has 144 valence electrons. The van der Waals surface area contributed by atoms with E-state index in [1.807, 2.05) is 0 Å². The second-order valence-corrected chi connectivity index (χ2v) is 6.44. The zero-order valence-electron chi connectivity index (χ0n) is 15.3. The fourth-order valence-electron chi connectivity index (χ4n) is 2.55. The van der Waals surface area contributed by atoms with Crippen molar-refractivity contribution in [3.63, 3.8) is 0 Å². The molecule has 2 rings (SSSR count). The number of halogens is 2. The summed E-state index contributed by atoms with van der Waals surface area (Å²) in [4.78, 5) is 25.6. The molecule has 0 aliphatic carbocycles. The first-order valence-electron chi connectivity index (χ1n) is 8.52. The van der Waals surface area contributed by atoms with Crippen LogP contribution in [0.3, 0.4) is 0 Å². The maximum Gasteiger partial charge on any atom is 0.226 e. The topological polar surface area (TPSA) is 58.6 Å². The summed E-state index contributed by atoms with van der Waals surface area (Å²) in [6.45, 7) is 2.22. The number of ether oxygens (including phenoxy) is 1. The van der Waals surface area contributed by atoms with Crippen LogP contribution >= 0.6 is 11.6 Å². The molecule has 0 saturated heterocycles. The van der Waals surface area contributed by atoms with E-state index in [0.29, 0.717) is 36.0 Å². The van der Waals surface area contributed by atoms with Gasteiger partial charge in [-0.2, -0.15) is 0 Å². The summed E-state index contributed by atoms with van der Waals surface area (Å²) in [6, 6.07) is 11.1. The van der Waals surface area contributed by atoms with Gasteiger partial charge < -0.3 is 15.0 Å². The number of carbonyl (C=O) groups excluding carboxylic acids is 2. The Bertz CT molecular complexity index is 796. The third-order valence-electron chi connectivity index (χ3n) is 4.07. The highest BCUT2D eigenvalue weighted by Gasteiger charge is 2.12. The van der Waals surface area contributed by atoms with Gasteiger partial charge in [0.1, 0.15) is 11.6 Å². The Labute approximate surface area is 163 Å². The van der Waals surface area contributed by atoms with Crippen LogP contribution in [0.5, 0.6) is 5.75 Å². The minimum absolute atomic E-state index is 0.114. The Morgan fingerprint density at radius 1 is 1.15 bits per heavy atom. The van der Waals surface area contributed by atoms with Gasteiger partial charge in [0.05, 0.1) is 12.1 Å². The van der Waals surface area contributed by atoms with Crippen molar-refractivity contribution < 1.29 is 18.7 Å². The molecule has 0 spiro atoms. The lowest BCUT2D eigenvalue weighted by molar-refractivity contribution is -0.129. The van der Waals surface area contributed by atoms with Crippen molar-refractivity contribution in [3.05, 3.63) is 58.9 Å². The summed E-state index contributed by atoms with van der Waals surface area (Å²) < 4.78 is 18.0. The van der Waals surface area contributed by atoms with Crippen LogP contribution in [0.1, 0.15) is 18.9 Å². The molecule has 0 unspecified atom stereocenters. The standard InChI is InChI=1S/C20H22ClFN2O3/c1-14(25)24(11-9-15-3-5-16(22)6-4-15)12-10-20(26)23-17-7-8-19(27-2)18(21)13-17/h3-8,13H,9-12H2,1-2H3,(H,23,26). The van der Waals surface area contributed by atoms with Crippen molar-refractivity contribution in [1.29, 1.82) is 0 Å². The molecule has 0 fully saturated rings. The maximum atomic E-state index is 12.9. The van der Waals surface area contributed by atoms with Gasteiger partial charge in [0.25, 0.3) is 0 Å². The van der Waals surface area contributed by atoms with Gasteiger partial charge in [-0.1, -0.05) is 23.7 Å². The molecule has 0 bridgehead atoms. The summed E-state index contributed by atoms with van der Waals surface area (Å²) in [6.07, 6.45) is 0.752. The largest absolute Gasteiger partial charge is 0.495 e. The predicted octanol–water partition coefficient (Wildman–Crippen LogP) is 3.91. The van der Waals surface area contributed by atoms with Crippen LogP contribution in [-0.2, 0) is 16.0 Å². The van der Waals surface area contributed by atoms with Gasteiger partial charge in [-0.05, 0) is 42.3 Å². The molecular formula is C20H22ClFN2O3. The molecule has 0 aliphatic rings. The van der Waals surface area contributed by atoms with Gasteiger partial charge >= 0.3 is 0 Å². The van der Waals surface area contributed by atoms with Crippen LogP contribution in [0.15, 0.2) is 42.5 Å². The van der Waals surface area contributed by atoms with Crippen molar-refractivity contribution in [2.75, 3.05) is 25.5 Å². The van der Waals surface area contributed by atoms with Crippen molar-refractivity contribution in [2.45, 2.75) is 19.8 Å². The molecule has 5 nitrogen and oxygen atoms in total. The Balaban J connectivity index is 1.85. The molecule has 2 amide bonds. The minimum Gasteiger partial charge on any atom is -0.495 e. The Morgan fingerprint density at radius 2 is 1.85 bits per heavy atom. The van der Waals surface area contributed by atoms with E-state index in [1.165, 1.54) is 26.2 Å². The fourth-order valence-corrected chi connectivity index (χ4v) is 2.80. The van der Waals surface area contributed by atoms with E-state index >= 15 is 0 Å². The SMILES string of the molecule is COc1ccc(NC(=O)CCN(CCc2ccc(F)cc2)C(C)=O)cc1Cl. The highest BCUT2D eigenvalue weighted by Crippen LogP contribution is 2.27. The monoisotopic (exact) mass is 392 g/mol. The number of hydrogen-bond acceptors (Lipinski definition) is 3. The van der Waals surface area contributed by atoms with Gasteiger partial charge in [-0.15, -0.1) is 0 Å². The lowest BCUT2D eigenvalue weighted by atomic mass is 10.1. The van der Waals surface area contributed by atoms with E-state index in [0.717, 1.165) is 5.56 Å². The zero-order valence-corrected chi connectivity index (χ0v) is 16.1. The van der Waals surface area contributed by atoms with Crippen LogP contribution in [-0.4, -0.2) is 36.9 Å². The van der Waals surface area contributed by atoms with Crippen LogP contribution in [0.4, 0.5) is 10.1 Å². The van der Waals surface area contributed by atoms with E-state index < -0.39 is 0 Å². The number of rotatable bonds is 8. The lowest BCUT2D eigenvalue weighted by Gasteiger charge is -2.21. The highest BCUT2D eigenvalue weighted by molar-refractivity contribution is 6.32. The van der Waals surface area contributed by atoms with E-state index in [-0.39, 0.29) is 24.1 Å². The molecule has 0 atom stereocenters. The molecule has 1 N–H and O–H groups in total. The molecule has 0 radical (unpaired) electrons. The first-order valence-corrected chi connectivity index (χ1v) is 8.90. The number of methoxy groups -OCH3 is 1. The molecule has 7 heteroatoms. The number of nitrogens with zero attached hydrogens (tertiary/aromatic N) is 1. The highest BCUT2D eigenvalue weighted by atomic mass is 35.5. The number of carbonyl (C=O) groups is 2. The Hall–Kier alpha value is -2.60. The smallest absolute Gasteiger partial charge is 0.226 e. The van der Waals surface area contributed by atoms with Crippen molar-refractivity contribution >= 4 is 29.1 Å². The summed E-state index contributed by atoms with van der Waals surface area (Å²) in [5.41, 5.74) is 1.49. The average molecular weight is 393 g/mol. The second kappa shape index (κ2) is 9.92. The predicted molar refractivity (Wildman–Crippen MR) is 104 cm³/mol. The third kappa shape index (κ3) is 6.57. The van der Waals surface area contributed by atoms with E-state index in [4.69, 9.17) is 16.3 Å². The van der Waals surface area contributed by atoms with Gasteiger partial charge in [-0.3, -0.25) is 9.59 Å². The molecule has 0 aliphatic heterocycles. The van der Waals surface area contributed by atoms with Crippen LogP contribution in [0.2, 0.25) is 5.02 Å². The molecule has 0 aromatic heterocycles. The maximum absolute atomic E-state index is 12.9. The van der Waals surface area contributed by atoms with Gasteiger partial charge in [-0.25, -0.2) is 4.39 Å². The lowest BCUT2D eigenvalue weighted by Crippen LogP contribution is -2.33. The summed E-state index contributed by atoms with van der Waals surface area (Å²) in [5, 5.41) is 3.15. The average Bonchev–Trinajstić information content (AvgIpc) is 2.63. The first kappa shape index (κ1) is 20.7. The summed E-state index contributed by atoms with van der Waals surface area (Å²) in [7, 11) is 1.52. The van der Waals surface area contributed by atoms with Crippen molar-refractivity contribution in [2.24, 2.45) is 0 Å². The summed E-state index contributed by atoms with van der Waals surface area (Å²) in [5.74, 6) is -0.0997. The van der Waals surface area contributed by atoms with Crippen LogP contribution in [0.25, 0.3) is 0 Å². The normalized spacial score (nSPS) is 10.4. The minimum atomic E-state index is -0.294. The quantitative estimate of drug-likeness (QED) is 0.741. The molecule has 27 heavy (non-hydrogen) atoms. The molecular weight excluding hydrogens is 371 g/mol. The number of amides is 2. The fraction of sp³-hybridized carbons (Fsp3) is 0.300. The molecule has 0 saturated carbocycles. The molecule has 2 aromatic rings. The number of anilines is 1. The van der Waals surface area contributed by atoms with Crippen molar-refractivity contribution in [3.8, 4) is 5.75 Å². The van der Waals surface area contributed by atoms with Gasteiger partial charge in [0.15, 0.2) is 0 Å². The van der Waals surface area contributed by atoms with Gasteiger partial charge in [0.2, 0.25) is 11.8 Å². The number of hydrogen-bond donors (Lipinski definition) is 1. The third-order valence-corrected chi connectivity index (χ3v) is 4.37. The van der Waals surface area contributed by atoms with Crippen LogP contribution in [0, 0.1) is 5.82 Å². The van der Waals surface area contributed by atoms with Crippen molar-refractivity contribution in [1.82, 2.24) is 4.90 Å². The molecule has 2 aromatic carbocycles. The molecule has 0 heterocycles. The zero-order chi connectivity index (χ0) is 19.8. The second-order valence-electron chi connectivity index (χ2n) is 6.03. The van der Waals surface area contributed by atoms with Crippen LogP contribution < -0.4 is 10.1 Å². The number of nitrogens with one attached hydrogen (secondary N) is 1. The van der Waals surface area contributed by atoms with Gasteiger partial charge in [0, 0.05) is 32.1 Å². The summed E-state index contributed by atoms with van der Waals surface area (Å²) >= 11 is 6.04. The Morgan fingerprint density at radius 3 is 2.44 bits per heavy atom. The Kier molecular flexibility index (Phi) is 7.61. The van der Waals surface area contributed by atoms with E-state index in [2.05, 4.69) is 5.32 Å². The first-order chi connectivity index (χ1) is 12.9. The van der Waals surface area contributed by atoms with E-state index in [9.17, 15) is 14.0 Å². The number of benzene rings is 2.